The molecule has 4 N–H and O–H groups in total. The van der Waals surface area contributed by atoms with Crippen molar-refractivity contribution in [2.24, 2.45) is 0 Å². The SMILES string of the molecule is Cc1cc(OCCO)ccc1C(=O)c1ccc(Nc2ccc(Br)cc2N)cc1Cl. The summed E-state index contributed by atoms with van der Waals surface area (Å²) in [5.74, 6) is 0.432. The summed E-state index contributed by atoms with van der Waals surface area (Å²) in [7, 11) is 0. The predicted molar refractivity (Wildman–Crippen MR) is 120 cm³/mol. The Morgan fingerprint density at radius 1 is 1.14 bits per heavy atom. The van der Waals surface area contributed by atoms with Gasteiger partial charge in [-0.15, -0.1) is 0 Å². The molecule has 0 heterocycles. The molecule has 0 unspecified atom stereocenters. The standard InChI is InChI=1S/C22H20BrClN2O3/c1-13-10-16(29-9-8-27)4-6-17(13)22(28)18-5-3-15(12-19(18)24)26-21-7-2-14(23)11-20(21)25/h2-7,10-12,26-27H,8-9,25H2,1H3. The number of ketones is 1. The minimum atomic E-state index is -0.170. The lowest BCUT2D eigenvalue weighted by atomic mass is 9.98. The predicted octanol–water partition coefficient (Wildman–Crippen LogP) is 5.34. The van der Waals surface area contributed by atoms with Gasteiger partial charge in [0, 0.05) is 21.3 Å². The third kappa shape index (κ3) is 5.09. The van der Waals surface area contributed by atoms with Crippen LogP contribution in [0.25, 0.3) is 0 Å². The molecular weight excluding hydrogens is 456 g/mol. The zero-order valence-corrected chi connectivity index (χ0v) is 18.0. The molecule has 150 valence electrons. The highest BCUT2D eigenvalue weighted by Crippen LogP contribution is 2.30. The van der Waals surface area contributed by atoms with Gasteiger partial charge in [-0.2, -0.15) is 0 Å². The van der Waals surface area contributed by atoms with Crippen LogP contribution in [0, 0.1) is 6.92 Å². The first-order valence-corrected chi connectivity index (χ1v) is 10.1. The van der Waals surface area contributed by atoms with Gasteiger partial charge in [0.1, 0.15) is 12.4 Å². The monoisotopic (exact) mass is 474 g/mol. The molecule has 0 aliphatic rings. The fourth-order valence-corrected chi connectivity index (χ4v) is 3.51. The van der Waals surface area contributed by atoms with Gasteiger partial charge in [-0.25, -0.2) is 0 Å². The maximum atomic E-state index is 13.0. The lowest BCUT2D eigenvalue weighted by molar-refractivity contribution is 0.103. The topological polar surface area (TPSA) is 84.6 Å². The van der Waals surface area contributed by atoms with E-state index in [1.54, 1.807) is 42.5 Å². The van der Waals surface area contributed by atoms with Crippen molar-refractivity contribution in [2.45, 2.75) is 6.92 Å². The van der Waals surface area contributed by atoms with Crippen molar-refractivity contribution < 1.29 is 14.6 Å². The molecule has 0 radical (unpaired) electrons. The number of aliphatic hydroxyl groups is 1. The fraction of sp³-hybridized carbons (Fsp3) is 0.136. The maximum Gasteiger partial charge on any atom is 0.194 e. The van der Waals surface area contributed by atoms with E-state index in [9.17, 15) is 4.79 Å². The normalized spacial score (nSPS) is 10.6. The third-order valence-electron chi connectivity index (χ3n) is 4.31. The summed E-state index contributed by atoms with van der Waals surface area (Å²) >= 11 is 9.78. The van der Waals surface area contributed by atoms with Crippen molar-refractivity contribution in [3.63, 3.8) is 0 Å². The molecule has 0 saturated carbocycles. The minimum Gasteiger partial charge on any atom is -0.491 e. The molecule has 0 atom stereocenters. The highest BCUT2D eigenvalue weighted by Gasteiger charge is 2.16. The van der Waals surface area contributed by atoms with E-state index in [0.29, 0.717) is 27.6 Å². The summed E-state index contributed by atoms with van der Waals surface area (Å²) in [6.45, 7) is 1.97. The lowest BCUT2D eigenvalue weighted by Gasteiger charge is -2.13. The minimum absolute atomic E-state index is 0.0678. The van der Waals surface area contributed by atoms with Crippen LogP contribution < -0.4 is 15.8 Å². The molecule has 0 amide bonds. The average Bonchev–Trinajstić information content (AvgIpc) is 2.68. The van der Waals surface area contributed by atoms with E-state index < -0.39 is 0 Å². The largest absolute Gasteiger partial charge is 0.491 e. The van der Waals surface area contributed by atoms with Gasteiger partial charge in [0.25, 0.3) is 0 Å². The second-order valence-electron chi connectivity index (χ2n) is 6.43. The van der Waals surface area contributed by atoms with Crippen LogP contribution in [0.15, 0.2) is 59.1 Å². The number of carbonyl (C=O) groups is 1. The van der Waals surface area contributed by atoms with Crippen LogP contribution in [0.3, 0.4) is 0 Å². The molecule has 0 aliphatic heterocycles. The van der Waals surface area contributed by atoms with Gasteiger partial charge >= 0.3 is 0 Å². The molecule has 3 aromatic rings. The highest BCUT2D eigenvalue weighted by atomic mass is 79.9. The molecule has 5 nitrogen and oxygen atoms in total. The number of ether oxygens (including phenoxy) is 1. The van der Waals surface area contributed by atoms with E-state index in [4.69, 9.17) is 27.2 Å². The fourth-order valence-electron chi connectivity index (χ4n) is 2.87. The van der Waals surface area contributed by atoms with E-state index in [2.05, 4.69) is 21.2 Å². The number of aryl methyl sites for hydroxylation is 1. The number of hydrogen-bond acceptors (Lipinski definition) is 5. The van der Waals surface area contributed by atoms with Gasteiger partial charge in [0.15, 0.2) is 5.78 Å². The zero-order chi connectivity index (χ0) is 21.0. The molecule has 7 heteroatoms. The molecule has 0 spiro atoms. The number of aliphatic hydroxyl groups excluding tert-OH is 1. The molecule has 0 saturated heterocycles. The summed E-state index contributed by atoms with van der Waals surface area (Å²) in [6, 6.07) is 15.9. The van der Waals surface area contributed by atoms with E-state index in [1.807, 2.05) is 19.1 Å². The number of nitrogen functional groups attached to an aromatic ring is 1. The van der Waals surface area contributed by atoms with Crippen LogP contribution in [0.1, 0.15) is 21.5 Å². The second kappa shape index (κ2) is 9.31. The number of carbonyl (C=O) groups excluding carboxylic acids is 1. The Hall–Kier alpha value is -2.54. The van der Waals surface area contributed by atoms with Gasteiger partial charge < -0.3 is 20.9 Å². The summed E-state index contributed by atoms with van der Waals surface area (Å²) in [5.41, 5.74) is 9.81. The third-order valence-corrected chi connectivity index (χ3v) is 5.11. The van der Waals surface area contributed by atoms with Gasteiger partial charge in [0.2, 0.25) is 0 Å². The number of nitrogens with two attached hydrogens (primary N) is 1. The Bertz CT molecular complexity index is 1060. The molecule has 0 aromatic heterocycles. The van der Waals surface area contributed by atoms with Gasteiger partial charge in [-0.1, -0.05) is 27.5 Å². The Morgan fingerprint density at radius 2 is 1.90 bits per heavy atom. The first kappa shape index (κ1) is 21.2. The molecule has 0 bridgehead atoms. The number of hydrogen-bond donors (Lipinski definition) is 3. The average molecular weight is 476 g/mol. The van der Waals surface area contributed by atoms with Gasteiger partial charge in [-0.05, 0) is 67.1 Å². The van der Waals surface area contributed by atoms with Crippen molar-refractivity contribution in [3.8, 4) is 5.75 Å². The number of rotatable bonds is 7. The van der Waals surface area contributed by atoms with Crippen molar-refractivity contribution in [3.05, 3.63) is 80.8 Å². The van der Waals surface area contributed by atoms with E-state index in [1.165, 1.54) is 0 Å². The number of nitrogens with one attached hydrogen (secondary N) is 1. The van der Waals surface area contributed by atoms with E-state index in [0.717, 1.165) is 21.4 Å². The van der Waals surface area contributed by atoms with Gasteiger partial charge in [0.05, 0.1) is 23.0 Å². The second-order valence-corrected chi connectivity index (χ2v) is 7.75. The first-order chi connectivity index (χ1) is 13.9. The Balaban J connectivity index is 1.82. The van der Waals surface area contributed by atoms with Crippen molar-refractivity contribution >= 4 is 50.4 Å². The molecule has 3 aromatic carbocycles. The van der Waals surface area contributed by atoms with Crippen molar-refractivity contribution in [2.75, 3.05) is 24.3 Å². The number of halogens is 2. The van der Waals surface area contributed by atoms with Crippen LogP contribution in [0.5, 0.6) is 5.75 Å². The molecule has 0 fully saturated rings. The molecule has 0 aliphatic carbocycles. The van der Waals surface area contributed by atoms with Crippen LogP contribution in [0.4, 0.5) is 17.1 Å². The number of benzene rings is 3. The van der Waals surface area contributed by atoms with E-state index in [-0.39, 0.29) is 19.0 Å². The molecule has 29 heavy (non-hydrogen) atoms. The summed E-state index contributed by atoms with van der Waals surface area (Å²) in [4.78, 5) is 13.0. The highest BCUT2D eigenvalue weighted by molar-refractivity contribution is 9.10. The molecular formula is C22H20BrClN2O3. The first-order valence-electron chi connectivity index (χ1n) is 8.89. The van der Waals surface area contributed by atoms with Crippen LogP contribution in [-0.4, -0.2) is 24.1 Å². The summed E-state index contributed by atoms with van der Waals surface area (Å²) < 4.78 is 6.27. The van der Waals surface area contributed by atoms with Crippen LogP contribution in [-0.2, 0) is 0 Å². The quantitative estimate of drug-likeness (QED) is 0.317. The van der Waals surface area contributed by atoms with Crippen LogP contribution >= 0.6 is 27.5 Å². The summed E-state index contributed by atoms with van der Waals surface area (Å²) in [5, 5.41) is 12.4. The maximum absolute atomic E-state index is 13.0. The van der Waals surface area contributed by atoms with Crippen molar-refractivity contribution in [1.29, 1.82) is 0 Å². The molecule has 3 rings (SSSR count). The lowest BCUT2D eigenvalue weighted by Crippen LogP contribution is -2.06. The van der Waals surface area contributed by atoms with Gasteiger partial charge in [-0.3, -0.25) is 4.79 Å². The Morgan fingerprint density at radius 3 is 2.55 bits per heavy atom. The summed E-state index contributed by atoms with van der Waals surface area (Å²) in [6.07, 6.45) is 0. The Kier molecular flexibility index (Phi) is 6.79. The number of anilines is 3. The van der Waals surface area contributed by atoms with E-state index >= 15 is 0 Å². The zero-order valence-electron chi connectivity index (χ0n) is 15.7. The Labute approximate surface area is 182 Å². The smallest absolute Gasteiger partial charge is 0.194 e. The van der Waals surface area contributed by atoms with Crippen LogP contribution in [0.2, 0.25) is 5.02 Å². The van der Waals surface area contributed by atoms with Crippen molar-refractivity contribution in [1.82, 2.24) is 0 Å².